The number of benzene rings is 1. The first-order chi connectivity index (χ1) is 11.0. The molecule has 0 aromatic heterocycles. The Kier molecular flexibility index (Phi) is 4.61. The van der Waals surface area contributed by atoms with Crippen LogP contribution in [-0.2, 0) is 4.79 Å². The maximum atomic E-state index is 12.7. The van der Waals surface area contributed by atoms with Gasteiger partial charge in [-0.15, -0.1) is 0 Å². The lowest BCUT2D eigenvalue weighted by Crippen LogP contribution is -2.40. The monoisotopic (exact) mass is 339 g/mol. The van der Waals surface area contributed by atoms with Gasteiger partial charge < -0.3 is 19.5 Å². The average Bonchev–Trinajstić information content (AvgIpc) is 3.01. The van der Waals surface area contributed by atoms with Gasteiger partial charge in [-0.05, 0) is 37.3 Å². The predicted molar refractivity (Wildman–Crippen MR) is 83.1 cm³/mol. The molecule has 0 saturated carbocycles. The van der Waals surface area contributed by atoms with Crippen LogP contribution in [0.5, 0.6) is 11.5 Å². The summed E-state index contributed by atoms with van der Waals surface area (Å²) in [7, 11) is 0. The zero-order chi connectivity index (χ0) is 16.4. The molecule has 1 aromatic carbocycles. The molecule has 2 aliphatic rings. The van der Waals surface area contributed by atoms with E-state index in [1.54, 1.807) is 17.0 Å². The third-order valence-electron chi connectivity index (χ3n) is 4.25. The van der Waals surface area contributed by atoms with Gasteiger partial charge in [-0.2, -0.15) is 0 Å². The number of nitrogens with zero attached hydrogens (tertiary/aromatic N) is 1. The van der Waals surface area contributed by atoms with E-state index >= 15 is 0 Å². The summed E-state index contributed by atoms with van der Waals surface area (Å²) in [6, 6.07) is 3.25. The van der Waals surface area contributed by atoms with Gasteiger partial charge in [0, 0.05) is 25.1 Å². The first-order valence-electron chi connectivity index (χ1n) is 7.65. The number of carboxylic acid groups (broad SMARTS) is 1. The summed E-state index contributed by atoms with van der Waals surface area (Å²) in [5, 5.41) is 9.16. The lowest BCUT2D eigenvalue weighted by Gasteiger charge is -2.32. The summed E-state index contributed by atoms with van der Waals surface area (Å²) in [6.45, 7) is 1.36. The van der Waals surface area contributed by atoms with E-state index in [2.05, 4.69) is 0 Å². The molecule has 1 saturated heterocycles. The van der Waals surface area contributed by atoms with Crippen LogP contribution >= 0.6 is 11.6 Å². The van der Waals surface area contributed by atoms with Crippen LogP contribution in [-0.4, -0.2) is 41.8 Å². The van der Waals surface area contributed by atoms with Crippen LogP contribution in [0.1, 0.15) is 36.0 Å². The minimum atomic E-state index is -0.795. The van der Waals surface area contributed by atoms with Crippen molar-refractivity contribution in [2.45, 2.75) is 25.7 Å². The van der Waals surface area contributed by atoms with Crippen molar-refractivity contribution in [1.82, 2.24) is 4.90 Å². The zero-order valence-electron chi connectivity index (χ0n) is 12.6. The Morgan fingerprint density at radius 2 is 2.17 bits per heavy atom. The van der Waals surface area contributed by atoms with Crippen molar-refractivity contribution in [2.24, 2.45) is 5.92 Å². The van der Waals surface area contributed by atoms with E-state index in [0.717, 1.165) is 12.8 Å². The van der Waals surface area contributed by atoms with Gasteiger partial charge in [0.05, 0.1) is 5.02 Å². The van der Waals surface area contributed by atoms with E-state index in [1.807, 2.05) is 0 Å². The molecule has 6 nitrogen and oxygen atoms in total. The molecule has 0 unspecified atom stereocenters. The highest BCUT2D eigenvalue weighted by Crippen LogP contribution is 2.40. The molecule has 7 heteroatoms. The Bertz CT molecular complexity index is 633. The molecule has 0 aliphatic carbocycles. The van der Waals surface area contributed by atoms with Crippen LogP contribution in [0.2, 0.25) is 5.02 Å². The average molecular weight is 340 g/mol. The van der Waals surface area contributed by atoms with Gasteiger partial charge in [-0.1, -0.05) is 11.6 Å². The summed E-state index contributed by atoms with van der Waals surface area (Å²) in [4.78, 5) is 25.2. The van der Waals surface area contributed by atoms with Gasteiger partial charge >= 0.3 is 5.97 Å². The van der Waals surface area contributed by atoms with E-state index in [9.17, 15) is 9.59 Å². The molecule has 1 aromatic rings. The van der Waals surface area contributed by atoms with Crippen LogP contribution in [0.15, 0.2) is 12.1 Å². The summed E-state index contributed by atoms with van der Waals surface area (Å²) >= 11 is 6.13. The maximum absolute atomic E-state index is 12.7. The number of hydrogen-bond donors (Lipinski definition) is 1. The van der Waals surface area contributed by atoms with E-state index < -0.39 is 5.97 Å². The molecule has 0 bridgehead atoms. The van der Waals surface area contributed by atoms with Crippen LogP contribution in [0.25, 0.3) is 0 Å². The minimum absolute atomic E-state index is 0.105. The number of rotatable bonds is 4. The number of ether oxygens (including phenoxy) is 2. The smallest absolute Gasteiger partial charge is 0.303 e. The van der Waals surface area contributed by atoms with Gasteiger partial charge in [0.1, 0.15) is 0 Å². The minimum Gasteiger partial charge on any atom is -0.481 e. The Labute approximate surface area is 138 Å². The number of hydrogen-bond acceptors (Lipinski definition) is 4. The highest BCUT2D eigenvalue weighted by molar-refractivity contribution is 6.32. The zero-order valence-corrected chi connectivity index (χ0v) is 13.3. The van der Waals surface area contributed by atoms with Crippen molar-refractivity contribution in [3.63, 3.8) is 0 Å². The molecule has 23 heavy (non-hydrogen) atoms. The third kappa shape index (κ3) is 3.52. The van der Waals surface area contributed by atoms with E-state index in [0.29, 0.717) is 41.6 Å². The van der Waals surface area contributed by atoms with Crippen molar-refractivity contribution >= 4 is 23.5 Å². The summed E-state index contributed by atoms with van der Waals surface area (Å²) < 4.78 is 10.5. The first kappa shape index (κ1) is 15.9. The molecule has 2 heterocycles. The van der Waals surface area contributed by atoms with E-state index in [-0.39, 0.29) is 25.0 Å². The van der Waals surface area contributed by atoms with Crippen LogP contribution in [0, 0.1) is 5.92 Å². The number of aliphatic carboxylic acids is 1. The van der Waals surface area contributed by atoms with Crippen molar-refractivity contribution < 1.29 is 24.2 Å². The molecular formula is C16H18ClNO5. The van der Waals surface area contributed by atoms with Crippen LogP contribution < -0.4 is 9.47 Å². The molecule has 3 rings (SSSR count). The number of likely N-dealkylation sites (tertiary alicyclic amines) is 1. The van der Waals surface area contributed by atoms with Crippen LogP contribution in [0.3, 0.4) is 0 Å². The topological polar surface area (TPSA) is 76.1 Å². The number of carbonyl (C=O) groups excluding carboxylic acids is 1. The molecule has 0 radical (unpaired) electrons. The summed E-state index contributed by atoms with van der Waals surface area (Å²) in [5.41, 5.74) is 0.470. The fraction of sp³-hybridized carbons (Fsp3) is 0.500. The molecule has 1 atom stereocenters. The van der Waals surface area contributed by atoms with Gasteiger partial charge in [-0.3, -0.25) is 9.59 Å². The van der Waals surface area contributed by atoms with Gasteiger partial charge in [0.25, 0.3) is 5.91 Å². The summed E-state index contributed by atoms with van der Waals surface area (Å²) in [6.07, 6.45) is 2.58. The number of carboxylic acids is 1. The lowest BCUT2D eigenvalue weighted by atomic mass is 9.93. The number of halogens is 1. The molecule has 1 amide bonds. The quantitative estimate of drug-likeness (QED) is 0.912. The second-order valence-corrected chi connectivity index (χ2v) is 6.29. The van der Waals surface area contributed by atoms with Crippen molar-refractivity contribution in [1.29, 1.82) is 0 Å². The Morgan fingerprint density at radius 3 is 2.96 bits per heavy atom. The highest BCUT2D eigenvalue weighted by atomic mass is 35.5. The molecule has 0 spiro atoms. The second kappa shape index (κ2) is 6.66. The van der Waals surface area contributed by atoms with Crippen molar-refractivity contribution in [2.75, 3.05) is 19.9 Å². The molecule has 1 N–H and O–H groups in total. The van der Waals surface area contributed by atoms with Gasteiger partial charge in [0.15, 0.2) is 11.5 Å². The summed E-state index contributed by atoms with van der Waals surface area (Å²) in [5.74, 6) is 0.288. The van der Waals surface area contributed by atoms with Gasteiger partial charge in [0.2, 0.25) is 6.79 Å². The lowest BCUT2D eigenvalue weighted by molar-refractivity contribution is -0.137. The standard InChI is InChI=1S/C16H18ClNO5/c17-12-6-11(7-13-15(12)23-9-22-13)16(21)18-5-1-2-10(8-18)3-4-14(19)20/h6-7,10H,1-5,8-9H2,(H,19,20)/t10-/m1/s1. The second-order valence-electron chi connectivity index (χ2n) is 5.88. The third-order valence-corrected chi connectivity index (χ3v) is 4.53. The molecule has 124 valence electrons. The first-order valence-corrected chi connectivity index (χ1v) is 8.02. The number of amides is 1. The Hall–Kier alpha value is -1.95. The van der Waals surface area contributed by atoms with Crippen molar-refractivity contribution in [3.05, 3.63) is 22.7 Å². The maximum Gasteiger partial charge on any atom is 0.303 e. The number of carbonyl (C=O) groups is 2. The number of piperidine rings is 1. The largest absolute Gasteiger partial charge is 0.481 e. The molecule has 2 aliphatic heterocycles. The van der Waals surface area contributed by atoms with E-state index in [1.165, 1.54) is 0 Å². The molecule has 1 fully saturated rings. The van der Waals surface area contributed by atoms with Gasteiger partial charge in [-0.25, -0.2) is 0 Å². The normalized spacial score (nSPS) is 19.7. The van der Waals surface area contributed by atoms with Crippen molar-refractivity contribution in [3.8, 4) is 11.5 Å². The molecular weight excluding hydrogens is 322 g/mol. The fourth-order valence-corrected chi connectivity index (χ4v) is 3.35. The Morgan fingerprint density at radius 1 is 1.35 bits per heavy atom. The van der Waals surface area contributed by atoms with Crippen LogP contribution in [0.4, 0.5) is 0 Å². The fourth-order valence-electron chi connectivity index (χ4n) is 3.09. The Balaban J connectivity index is 1.70. The predicted octanol–water partition coefficient (Wildman–Crippen LogP) is 2.79. The van der Waals surface area contributed by atoms with E-state index in [4.69, 9.17) is 26.2 Å². The highest BCUT2D eigenvalue weighted by Gasteiger charge is 2.27. The number of fused-ring (bicyclic) bond motifs is 1. The SMILES string of the molecule is O=C(O)CC[C@H]1CCCN(C(=O)c2cc(Cl)c3c(c2)OCO3)C1.